The van der Waals surface area contributed by atoms with Gasteiger partial charge in [-0.15, -0.1) is 0 Å². The Morgan fingerprint density at radius 2 is 1.63 bits per heavy atom. The number of allylic oxidation sites excluding steroid dienone is 2. The second kappa shape index (κ2) is 12.7. The standard InChI is InChI=1S/C35H41N5O/c1-8-9-34(41)30-18-20-35(5,21-19-30)36-24-40(7)32-16-12-29(13-17-32)23-39(6)31-14-10-28(11-15-31)22-33-25(2)37-27(4)38-26(33)3/h10-20,22,24,37-38H,2-4,8-9,21,23H2,1,5-7H3/b36-24+. The highest BCUT2D eigenvalue weighted by Gasteiger charge is 2.23. The van der Waals surface area contributed by atoms with E-state index in [1.165, 1.54) is 5.56 Å². The molecule has 0 saturated carbocycles. The molecule has 2 aliphatic rings. The van der Waals surface area contributed by atoms with Crippen molar-refractivity contribution >= 4 is 29.6 Å². The molecule has 1 heterocycles. The fraction of sp³-hybridized carbons (Fsp3) is 0.257. The largest absolute Gasteiger partial charge is 0.370 e. The van der Waals surface area contributed by atoms with E-state index < -0.39 is 0 Å². The molecular formula is C35H41N5O. The minimum absolute atomic E-state index is 0.211. The fourth-order valence-corrected chi connectivity index (χ4v) is 4.76. The van der Waals surface area contributed by atoms with Crippen LogP contribution in [-0.2, 0) is 11.3 Å². The summed E-state index contributed by atoms with van der Waals surface area (Å²) in [5.41, 5.74) is 7.45. The zero-order chi connectivity index (χ0) is 29.6. The van der Waals surface area contributed by atoms with E-state index in [0.29, 0.717) is 12.2 Å². The van der Waals surface area contributed by atoms with Crippen LogP contribution < -0.4 is 20.4 Å². The number of anilines is 2. The maximum atomic E-state index is 12.2. The van der Waals surface area contributed by atoms with Crippen LogP contribution in [0.3, 0.4) is 0 Å². The van der Waals surface area contributed by atoms with Gasteiger partial charge in [-0.2, -0.15) is 0 Å². The summed E-state index contributed by atoms with van der Waals surface area (Å²) >= 11 is 0. The van der Waals surface area contributed by atoms with E-state index in [1.54, 1.807) is 0 Å². The first-order chi connectivity index (χ1) is 19.6. The second-order valence-corrected chi connectivity index (χ2v) is 10.9. The summed E-state index contributed by atoms with van der Waals surface area (Å²) in [6, 6.07) is 17.0. The summed E-state index contributed by atoms with van der Waals surface area (Å²) < 4.78 is 0. The van der Waals surface area contributed by atoms with Gasteiger partial charge in [0, 0.05) is 61.0 Å². The van der Waals surface area contributed by atoms with Gasteiger partial charge in [-0.3, -0.25) is 9.79 Å². The molecule has 1 aliphatic heterocycles. The van der Waals surface area contributed by atoms with Crippen LogP contribution >= 0.6 is 0 Å². The smallest absolute Gasteiger partial charge is 0.162 e. The normalized spacial score (nSPS) is 18.6. The van der Waals surface area contributed by atoms with Gasteiger partial charge in [0.15, 0.2) is 5.78 Å². The molecular weight excluding hydrogens is 506 g/mol. The lowest BCUT2D eigenvalue weighted by molar-refractivity contribution is -0.115. The Hall–Kier alpha value is -4.58. The highest BCUT2D eigenvalue weighted by Crippen LogP contribution is 2.27. The maximum Gasteiger partial charge on any atom is 0.162 e. The summed E-state index contributed by atoms with van der Waals surface area (Å²) in [4.78, 5) is 21.2. The SMILES string of the molecule is C=C1NC(=C)C(=Cc2ccc(N(C)Cc3ccc(N(C)/C=N/C4(C)C=CC(C(=O)CCC)=CC4)cc3)cc2)C(=C)N1. The lowest BCUT2D eigenvalue weighted by atomic mass is 9.89. The van der Waals surface area contributed by atoms with Crippen LogP contribution in [0.2, 0.25) is 0 Å². The summed E-state index contributed by atoms with van der Waals surface area (Å²) in [6.45, 7) is 16.9. The van der Waals surface area contributed by atoms with Crippen LogP contribution in [-0.4, -0.2) is 31.8 Å². The Labute approximate surface area is 244 Å². The van der Waals surface area contributed by atoms with Crippen LogP contribution in [0.4, 0.5) is 11.4 Å². The molecule has 2 N–H and O–H groups in total. The molecule has 1 aliphatic carbocycles. The van der Waals surface area contributed by atoms with Crippen molar-refractivity contribution in [1.82, 2.24) is 10.6 Å². The van der Waals surface area contributed by atoms with Gasteiger partial charge in [-0.05, 0) is 61.2 Å². The van der Waals surface area contributed by atoms with Crippen LogP contribution in [0.15, 0.2) is 120 Å². The summed E-state index contributed by atoms with van der Waals surface area (Å²) in [7, 11) is 4.10. The van der Waals surface area contributed by atoms with Gasteiger partial charge in [0.2, 0.25) is 0 Å². The van der Waals surface area contributed by atoms with Crippen LogP contribution in [0, 0.1) is 0 Å². The van der Waals surface area contributed by atoms with E-state index in [-0.39, 0.29) is 11.3 Å². The highest BCUT2D eigenvalue weighted by atomic mass is 16.1. The number of nitrogens with one attached hydrogen (secondary N) is 2. The third-order valence-electron chi connectivity index (χ3n) is 7.34. The summed E-state index contributed by atoms with van der Waals surface area (Å²) in [5, 5.41) is 6.23. The van der Waals surface area contributed by atoms with E-state index in [9.17, 15) is 4.79 Å². The number of hydrogen-bond donors (Lipinski definition) is 2. The van der Waals surface area contributed by atoms with Crippen molar-refractivity contribution in [3.63, 3.8) is 0 Å². The van der Waals surface area contributed by atoms with E-state index in [1.807, 2.05) is 43.4 Å². The number of hydrogen-bond acceptors (Lipinski definition) is 5. The third kappa shape index (κ3) is 7.54. The van der Waals surface area contributed by atoms with Crippen molar-refractivity contribution in [1.29, 1.82) is 0 Å². The predicted molar refractivity (Wildman–Crippen MR) is 174 cm³/mol. The van der Waals surface area contributed by atoms with Gasteiger partial charge in [0.1, 0.15) is 5.82 Å². The molecule has 212 valence electrons. The molecule has 0 aromatic heterocycles. The fourth-order valence-electron chi connectivity index (χ4n) is 4.76. The molecule has 6 heteroatoms. The molecule has 1 saturated heterocycles. The average molecular weight is 548 g/mol. The number of nitrogens with zero attached hydrogens (tertiary/aromatic N) is 3. The lowest BCUT2D eigenvalue weighted by Gasteiger charge is -2.25. The maximum absolute atomic E-state index is 12.2. The van der Waals surface area contributed by atoms with Gasteiger partial charge in [0.25, 0.3) is 0 Å². The van der Waals surface area contributed by atoms with Crippen LogP contribution in [0.5, 0.6) is 0 Å². The van der Waals surface area contributed by atoms with Crippen molar-refractivity contribution in [3.05, 3.63) is 126 Å². The van der Waals surface area contributed by atoms with Crippen molar-refractivity contribution in [2.75, 3.05) is 23.9 Å². The monoisotopic (exact) mass is 547 g/mol. The van der Waals surface area contributed by atoms with Crippen LogP contribution in [0.1, 0.15) is 44.2 Å². The van der Waals surface area contributed by atoms with Crippen molar-refractivity contribution in [2.45, 2.75) is 45.2 Å². The Bertz CT molecular complexity index is 1420. The molecule has 0 amide bonds. The Kier molecular flexibility index (Phi) is 9.13. The molecule has 6 nitrogen and oxygen atoms in total. The van der Waals surface area contributed by atoms with E-state index in [2.05, 4.69) is 104 Å². The first kappa shape index (κ1) is 29.4. The third-order valence-corrected chi connectivity index (χ3v) is 7.34. The number of Topliss-reactive ketones (excluding diaryl/α,β-unsaturated/α-hetero) is 1. The molecule has 0 spiro atoms. The van der Waals surface area contributed by atoms with Gasteiger partial charge in [-0.1, -0.05) is 69.2 Å². The molecule has 2 aromatic carbocycles. The van der Waals surface area contributed by atoms with Crippen molar-refractivity contribution in [2.24, 2.45) is 4.99 Å². The quantitative estimate of drug-likeness (QED) is 0.251. The molecule has 1 fully saturated rings. The topological polar surface area (TPSA) is 60.0 Å². The first-order valence-corrected chi connectivity index (χ1v) is 14.0. The number of ketones is 1. The lowest BCUT2D eigenvalue weighted by Crippen LogP contribution is -2.32. The average Bonchev–Trinajstić information content (AvgIpc) is 2.95. The summed E-state index contributed by atoms with van der Waals surface area (Å²) in [5.74, 6) is 0.893. The predicted octanol–water partition coefficient (Wildman–Crippen LogP) is 6.88. The van der Waals surface area contributed by atoms with Gasteiger partial charge < -0.3 is 20.4 Å². The first-order valence-electron chi connectivity index (χ1n) is 14.0. The Balaban J connectivity index is 1.33. The van der Waals surface area contributed by atoms with E-state index in [0.717, 1.165) is 58.9 Å². The van der Waals surface area contributed by atoms with E-state index in [4.69, 9.17) is 4.99 Å². The number of carbonyl (C=O) groups is 1. The van der Waals surface area contributed by atoms with Gasteiger partial charge in [0.05, 0.1) is 11.9 Å². The molecule has 2 aromatic rings. The highest BCUT2D eigenvalue weighted by molar-refractivity contribution is 5.98. The van der Waals surface area contributed by atoms with Crippen LogP contribution in [0.25, 0.3) is 6.08 Å². The zero-order valence-corrected chi connectivity index (χ0v) is 24.7. The molecule has 41 heavy (non-hydrogen) atoms. The number of carbonyl (C=O) groups excluding carboxylic acids is 1. The minimum atomic E-state index is -0.347. The number of aliphatic imine (C=N–C) groups is 1. The van der Waals surface area contributed by atoms with Gasteiger partial charge >= 0.3 is 0 Å². The minimum Gasteiger partial charge on any atom is -0.370 e. The molecule has 0 radical (unpaired) electrons. The molecule has 0 bridgehead atoms. The van der Waals surface area contributed by atoms with E-state index >= 15 is 0 Å². The van der Waals surface area contributed by atoms with Gasteiger partial charge in [-0.25, -0.2) is 0 Å². The Morgan fingerprint density at radius 1 is 1.00 bits per heavy atom. The molecule has 1 unspecified atom stereocenters. The van der Waals surface area contributed by atoms with Crippen molar-refractivity contribution < 1.29 is 4.79 Å². The number of rotatable bonds is 10. The van der Waals surface area contributed by atoms with Crippen molar-refractivity contribution in [3.8, 4) is 0 Å². The second-order valence-electron chi connectivity index (χ2n) is 10.9. The summed E-state index contributed by atoms with van der Waals surface area (Å²) in [6.07, 6.45) is 12.1. The molecule has 4 rings (SSSR count). The Morgan fingerprint density at radius 3 is 2.22 bits per heavy atom. The zero-order valence-electron chi connectivity index (χ0n) is 24.7. The molecule has 1 atom stereocenters. The number of benzene rings is 2.